The molecule has 0 aromatic carbocycles. The van der Waals surface area contributed by atoms with E-state index in [9.17, 15) is 0 Å². The van der Waals surface area contributed by atoms with E-state index in [-0.39, 0.29) is 0 Å². The second kappa shape index (κ2) is 6.65. The molecule has 1 aliphatic rings. The van der Waals surface area contributed by atoms with E-state index >= 15 is 0 Å². The van der Waals surface area contributed by atoms with Gasteiger partial charge in [0.2, 0.25) is 0 Å². The molecule has 1 rings (SSSR count). The van der Waals surface area contributed by atoms with Crippen LogP contribution >= 0.6 is 22.6 Å². The molecule has 0 spiro atoms. The molecule has 0 fully saturated rings. The summed E-state index contributed by atoms with van der Waals surface area (Å²) in [6.45, 7) is 6.22. The van der Waals surface area contributed by atoms with Gasteiger partial charge in [0, 0.05) is 3.92 Å². The fourth-order valence-corrected chi connectivity index (χ4v) is 3.37. The molecule has 0 aromatic rings. The fourth-order valence-electron chi connectivity index (χ4n) is 2.21. The summed E-state index contributed by atoms with van der Waals surface area (Å²) in [6.07, 6.45) is 13.2. The molecule has 3 unspecified atom stereocenters. The van der Waals surface area contributed by atoms with Gasteiger partial charge in [-0.1, -0.05) is 47.7 Å². The normalized spacial score (nSPS) is 25.7. The molecule has 14 heavy (non-hydrogen) atoms. The van der Waals surface area contributed by atoms with Crippen molar-refractivity contribution in [3.8, 4) is 0 Å². The molecule has 1 heteroatoms. The van der Waals surface area contributed by atoms with Crippen molar-refractivity contribution in [2.45, 2.75) is 43.0 Å². The van der Waals surface area contributed by atoms with E-state index in [0.29, 0.717) is 0 Å². The van der Waals surface area contributed by atoms with Crippen molar-refractivity contribution in [3.63, 3.8) is 0 Å². The zero-order chi connectivity index (χ0) is 10.4. The first-order valence-corrected chi connectivity index (χ1v) is 6.88. The molecule has 0 bridgehead atoms. The van der Waals surface area contributed by atoms with Crippen LogP contribution in [0.25, 0.3) is 0 Å². The van der Waals surface area contributed by atoms with Gasteiger partial charge in [-0.25, -0.2) is 0 Å². The first kappa shape index (κ1) is 12.3. The average molecular weight is 304 g/mol. The van der Waals surface area contributed by atoms with Crippen molar-refractivity contribution in [2.24, 2.45) is 11.8 Å². The third-order valence-corrected chi connectivity index (χ3v) is 4.18. The maximum atomic E-state index is 3.80. The lowest BCUT2D eigenvalue weighted by Gasteiger charge is -2.26. The third-order valence-electron chi connectivity index (χ3n) is 3.16. The van der Waals surface area contributed by atoms with Crippen molar-refractivity contribution < 1.29 is 0 Å². The Morgan fingerprint density at radius 3 is 2.93 bits per heavy atom. The van der Waals surface area contributed by atoms with E-state index in [1.807, 2.05) is 6.08 Å². The van der Waals surface area contributed by atoms with Gasteiger partial charge in [0.15, 0.2) is 0 Å². The van der Waals surface area contributed by atoms with Gasteiger partial charge in [0.1, 0.15) is 0 Å². The van der Waals surface area contributed by atoms with E-state index in [0.717, 1.165) is 22.2 Å². The first-order valence-electron chi connectivity index (χ1n) is 5.64. The maximum absolute atomic E-state index is 3.80. The van der Waals surface area contributed by atoms with Crippen LogP contribution in [0.5, 0.6) is 0 Å². The van der Waals surface area contributed by atoms with Gasteiger partial charge in [0.25, 0.3) is 0 Å². The number of rotatable bonds is 5. The monoisotopic (exact) mass is 304 g/mol. The molecule has 0 amide bonds. The van der Waals surface area contributed by atoms with Crippen LogP contribution in [0.3, 0.4) is 0 Å². The smallest absolute Gasteiger partial charge is 0.0147 e. The topological polar surface area (TPSA) is 0 Å². The largest absolute Gasteiger partial charge is 0.103 e. The Bertz CT molecular complexity index is 195. The molecular weight excluding hydrogens is 283 g/mol. The van der Waals surface area contributed by atoms with Crippen LogP contribution in [0.2, 0.25) is 0 Å². The van der Waals surface area contributed by atoms with Crippen molar-refractivity contribution in [1.29, 1.82) is 0 Å². The van der Waals surface area contributed by atoms with E-state index < -0.39 is 0 Å². The molecule has 0 heterocycles. The van der Waals surface area contributed by atoms with Gasteiger partial charge >= 0.3 is 0 Å². The van der Waals surface area contributed by atoms with Gasteiger partial charge in [0.05, 0.1) is 0 Å². The minimum absolute atomic E-state index is 0.783. The Kier molecular flexibility index (Phi) is 5.83. The lowest BCUT2D eigenvalue weighted by atomic mass is 9.81. The number of hydrogen-bond acceptors (Lipinski definition) is 0. The molecule has 80 valence electrons. The summed E-state index contributed by atoms with van der Waals surface area (Å²) in [7, 11) is 0. The summed E-state index contributed by atoms with van der Waals surface area (Å²) in [5.74, 6) is 1.81. The molecule has 0 aromatic heterocycles. The zero-order valence-electron chi connectivity index (χ0n) is 9.08. The Labute approximate surface area is 102 Å². The van der Waals surface area contributed by atoms with Gasteiger partial charge < -0.3 is 0 Å². The minimum atomic E-state index is 0.783. The van der Waals surface area contributed by atoms with E-state index in [1.165, 1.54) is 25.7 Å². The lowest BCUT2D eigenvalue weighted by Crippen LogP contribution is -2.16. The number of alkyl halides is 1. The van der Waals surface area contributed by atoms with Gasteiger partial charge in [-0.2, -0.15) is 0 Å². The second-order valence-corrected chi connectivity index (χ2v) is 6.14. The van der Waals surface area contributed by atoms with Gasteiger partial charge in [-0.15, -0.1) is 6.58 Å². The predicted molar refractivity (Wildman–Crippen MR) is 72.9 cm³/mol. The van der Waals surface area contributed by atoms with E-state index in [1.54, 1.807) is 0 Å². The summed E-state index contributed by atoms with van der Waals surface area (Å²) in [4.78, 5) is 0. The van der Waals surface area contributed by atoms with Crippen molar-refractivity contribution in [1.82, 2.24) is 0 Å². The van der Waals surface area contributed by atoms with Crippen molar-refractivity contribution >= 4 is 22.6 Å². The fraction of sp³-hybridized carbons (Fsp3) is 0.692. The highest BCUT2D eigenvalue weighted by atomic mass is 127. The highest BCUT2D eigenvalue weighted by Crippen LogP contribution is 2.31. The van der Waals surface area contributed by atoms with Crippen LogP contribution < -0.4 is 0 Å². The Morgan fingerprint density at radius 2 is 2.36 bits per heavy atom. The van der Waals surface area contributed by atoms with E-state index in [2.05, 4.69) is 48.2 Å². The SMILES string of the molecule is C=CCC(I)CC(C)C1CC=CCC1. The Balaban J connectivity index is 2.29. The van der Waals surface area contributed by atoms with Crippen LogP contribution in [-0.4, -0.2) is 3.92 Å². The standard InChI is InChI=1S/C13H21I/c1-3-7-13(14)10-11(2)12-8-5-4-6-9-12/h3-5,11-13H,1,6-10H2,2H3. The summed E-state index contributed by atoms with van der Waals surface area (Å²) < 4.78 is 0.783. The van der Waals surface area contributed by atoms with E-state index in [4.69, 9.17) is 0 Å². The van der Waals surface area contributed by atoms with Crippen LogP contribution in [0.1, 0.15) is 39.0 Å². The Morgan fingerprint density at radius 1 is 1.57 bits per heavy atom. The molecule has 0 radical (unpaired) electrons. The second-order valence-electron chi connectivity index (χ2n) is 4.38. The minimum Gasteiger partial charge on any atom is -0.103 e. The lowest BCUT2D eigenvalue weighted by molar-refractivity contribution is 0.314. The molecule has 0 aliphatic heterocycles. The van der Waals surface area contributed by atoms with Crippen molar-refractivity contribution in [2.75, 3.05) is 0 Å². The molecular formula is C13H21I. The zero-order valence-corrected chi connectivity index (χ0v) is 11.2. The molecule has 1 aliphatic carbocycles. The summed E-state index contributed by atoms with van der Waals surface area (Å²) >= 11 is 2.56. The van der Waals surface area contributed by atoms with Crippen LogP contribution in [0.4, 0.5) is 0 Å². The highest BCUT2D eigenvalue weighted by Gasteiger charge is 2.19. The first-order chi connectivity index (χ1) is 6.74. The molecule has 0 nitrogen and oxygen atoms in total. The Hall–Kier alpha value is 0.210. The number of hydrogen-bond donors (Lipinski definition) is 0. The quantitative estimate of drug-likeness (QED) is 0.391. The van der Waals surface area contributed by atoms with Crippen molar-refractivity contribution in [3.05, 3.63) is 24.8 Å². The molecule has 3 atom stereocenters. The average Bonchev–Trinajstić information content (AvgIpc) is 2.19. The van der Waals surface area contributed by atoms with Crippen LogP contribution in [0.15, 0.2) is 24.8 Å². The van der Waals surface area contributed by atoms with Gasteiger partial charge in [-0.3, -0.25) is 0 Å². The third kappa shape index (κ3) is 4.16. The summed E-state index contributed by atoms with van der Waals surface area (Å²) in [6, 6.07) is 0. The molecule has 0 saturated carbocycles. The van der Waals surface area contributed by atoms with Crippen LogP contribution in [0, 0.1) is 11.8 Å². The van der Waals surface area contributed by atoms with Gasteiger partial charge in [-0.05, 0) is 43.9 Å². The van der Waals surface area contributed by atoms with Crippen LogP contribution in [-0.2, 0) is 0 Å². The molecule has 0 saturated heterocycles. The number of halogens is 1. The summed E-state index contributed by atoms with van der Waals surface area (Å²) in [5.41, 5.74) is 0. The summed E-state index contributed by atoms with van der Waals surface area (Å²) in [5, 5.41) is 0. The number of allylic oxidation sites excluding steroid dienone is 3. The maximum Gasteiger partial charge on any atom is 0.0147 e. The predicted octanol–water partition coefficient (Wildman–Crippen LogP) is 4.75. The highest BCUT2D eigenvalue weighted by molar-refractivity contribution is 14.1. The molecule has 0 N–H and O–H groups in total.